The summed E-state index contributed by atoms with van der Waals surface area (Å²) in [6.45, 7) is 14.0. The molecule has 20 heavy (non-hydrogen) atoms. The maximum atomic E-state index is 12.3. The van der Waals surface area contributed by atoms with E-state index < -0.39 is 23.2 Å². The smallest absolute Gasteiger partial charge is 0.411 e. The van der Waals surface area contributed by atoms with Gasteiger partial charge in [0.1, 0.15) is 11.1 Å². The summed E-state index contributed by atoms with van der Waals surface area (Å²) >= 11 is 0. The Morgan fingerprint density at radius 3 is 2.10 bits per heavy atom. The first-order chi connectivity index (χ1) is 8.95. The molecule has 0 aliphatic heterocycles. The van der Waals surface area contributed by atoms with Crippen molar-refractivity contribution in [1.29, 1.82) is 0 Å². The fraction of sp³-hybridized carbons (Fsp3) is 0.733. The summed E-state index contributed by atoms with van der Waals surface area (Å²) in [6.07, 6.45) is 1.84. The molecule has 0 saturated heterocycles. The van der Waals surface area contributed by atoms with Crippen LogP contribution in [0.3, 0.4) is 0 Å². The van der Waals surface area contributed by atoms with Crippen molar-refractivity contribution >= 4 is 12.1 Å². The van der Waals surface area contributed by atoms with E-state index in [1.54, 1.807) is 47.6 Å². The number of carboxylic acids is 1. The van der Waals surface area contributed by atoms with Crippen LogP contribution in [0, 0.1) is 0 Å². The predicted octanol–water partition coefficient (Wildman–Crippen LogP) is 3.44. The first-order valence-corrected chi connectivity index (χ1v) is 6.82. The Labute approximate surface area is 121 Å². The van der Waals surface area contributed by atoms with Gasteiger partial charge in [-0.2, -0.15) is 0 Å². The summed E-state index contributed by atoms with van der Waals surface area (Å²) in [6, 6.07) is -0.282. The largest absolute Gasteiger partial charge is 0.480 e. The van der Waals surface area contributed by atoms with Gasteiger partial charge in [0.15, 0.2) is 0 Å². The number of hydrogen-bond acceptors (Lipinski definition) is 3. The molecule has 1 N–H and O–H groups in total. The SMILES string of the molecule is C=CCCC(C)(C(=O)O)N(C(=O)OC(C)(C)C)C(C)C. The highest BCUT2D eigenvalue weighted by molar-refractivity contribution is 5.84. The third-order valence-electron chi connectivity index (χ3n) is 2.93. The quantitative estimate of drug-likeness (QED) is 0.759. The van der Waals surface area contributed by atoms with Gasteiger partial charge in [-0.25, -0.2) is 9.59 Å². The van der Waals surface area contributed by atoms with Crippen molar-refractivity contribution in [2.45, 2.75) is 71.6 Å². The van der Waals surface area contributed by atoms with Crippen LogP contribution in [0.2, 0.25) is 0 Å². The van der Waals surface area contributed by atoms with E-state index in [1.807, 2.05) is 0 Å². The van der Waals surface area contributed by atoms with Gasteiger partial charge in [-0.05, 0) is 54.4 Å². The summed E-state index contributed by atoms with van der Waals surface area (Å²) in [5.74, 6) is -1.04. The monoisotopic (exact) mass is 285 g/mol. The molecular weight excluding hydrogens is 258 g/mol. The number of carboxylic acid groups (broad SMARTS) is 1. The average Bonchev–Trinajstić information content (AvgIpc) is 2.22. The second kappa shape index (κ2) is 6.77. The normalized spacial score (nSPS) is 14.6. The minimum absolute atomic E-state index is 0.282. The van der Waals surface area contributed by atoms with Crippen LogP contribution in [-0.4, -0.2) is 39.3 Å². The fourth-order valence-electron chi connectivity index (χ4n) is 2.01. The standard InChI is InChI=1S/C15H27NO4/c1-8-9-10-15(7,12(17)18)16(11(2)3)13(19)20-14(4,5)6/h8,11H,1,9-10H2,2-7H3,(H,17,18). The number of amides is 1. The van der Waals surface area contributed by atoms with Gasteiger partial charge in [-0.3, -0.25) is 4.90 Å². The van der Waals surface area contributed by atoms with E-state index >= 15 is 0 Å². The number of ether oxygens (including phenoxy) is 1. The lowest BCUT2D eigenvalue weighted by atomic mass is 9.92. The Morgan fingerprint density at radius 1 is 1.30 bits per heavy atom. The molecule has 5 heteroatoms. The molecule has 1 amide bonds. The van der Waals surface area contributed by atoms with E-state index in [-0.39, 0.29) is 6.04 Å². The average molecular weight is 285 g/mol. The van der Waals surface area contributed by atoms with E-state index in [4.69, 9.17) is 4.74 Å². The highest BCUT2D eigenvalue weighted by Gasteiger charge is 2.44. The molecule has 0 saturated carbocycles. The van der Waals surface area contributed by atoms with Crippen molar-refractivity contribution in [3.8, 4) is 0 Å². The van der Waals surface area contributed by atoms with Gasteiger partial charge < -0.3 is 9.84 Å². The van der Waals surface area contributed by atoms with Crippen LogP contribution < -0.4 is 0 Å². The highest BCUT2D eigenvalue weighted by atomic mass is 16.6. The first kappa shape index (κ1) is 18.5. The van der Waals surface area contributed by atoms with Gasteiger partial charge in [0.05, 0.1) is 0 Å². The van der Waals surface area contributed by atoms with Crippen molar-refractivity contribution in [3.63, 3.8) is 0 Å². The molecule has 0 heterocycles. The van der Waals surface area contributed by atoms with Crippen LogP contribution in [0.25, 0.3) is 0 Å². The zero-order chi connectivity index (χ0) is 16.1. The Kier molecular flexibility index (Phi) is 6.26. The molecule has 1 atom stereocenters. The van der Waals surface area contributed by atoms with Crippen LogP contribution in [0.5, 0.6) is 0 Å². The van der Waals surface area contributed by atoms with E-state index in [1.165, 1.54) is 4.90 Å². The van der Waals surface area contributed by atoms with Crippen LogP contribution >= 0.6 is 0 Å². The zero-order valence-corrected chi connectivity index (χ0v) is 13.4. The molecule has 0 fully saturated rings. The molecule has 0 aromatic carbocycles. The number of carbonyl (C=O) groups is 2. The number of hydrogen-bond donors (Lipinski definition) is 1. The summed E-state index contributed by atoms with van der Waals surface area (Å²) in [5.41, 5.74) is -1.98. The summed E-state index contributed by atoms with van der Waals surface area (Å²) in [4.78, 5) is 25.3. The Hall–Kier alpha value is -1.52. The third-order valence-corrected chi connectivity index (χ3v) is 2.93. The molecule has 0 aromatic rings. The molecule has 116 valence electrons. The summed E-state index contributed by atoms with van der Waals surface area (Å²) in [7, 11) is 0. The lowest BCUT2D eigenvalue weighted by Gasteiger charge is -2.41. The van der Waals surface area contributed by atoms with Gasteiger partial charge in [-0.1, -0.05) is 6.08 Å². The molecular formula is C15H27NO4. The van der Waals surface area contributed by atoms with Gasteiger partial charge in [0.25, 0.3) is 0 Å². The van der Waals surface area contributed by atoms with Gasteiger partial charge in [0, 0.05) is 6.04 Å². The molecule has 0 radical (unpaired) electrons. The molecule has 1 unspecified atom stereocenters. The van der Waals surface area contributed by atoms with Crippen molar-refractivity contribution in [3.05, 3.63) is 12.7 Å². The second-order valence-corrected chi connectivity index (χ2v) is 6.35. The Balaban J connectivity index is 5.45. The lowest BCUT2D eigenvalue weighted by Crippen LogP contribution is -2.58. The summed E-state index contributed by atoms with van der Waals surface area (Å²) in [5, 5.41) is 9.54. The Bertz CT molecular complexity index is 371. The molecule has 0 spiro atoms. The number of rotatable bonds is 6. The van der Waals surface area contributed by atoms with Crippen LogP contribution in [0.15, 0.2) is 12.7 Å². The predicted molar refractivity (Wildman–Crippen MR) is 78.7 cm³/mol. The number of carbonyl (C=O) groups excluding carboxylic acids is 1. The van der Waals surface area contributed by atoms with Crippen LogP contribution in [0.1, 0.15) is 54.4 Å². The minimum Gasteiger partial charge on any atom is -0.480 e. The second-order valence-electron chi connectivity index (χ2n) is 6.35. The number of allylic oxidation sites excluding steroid dienone is 1. The molecule has 5 nitrogen and oxygen atoms in total. The van der Waals surface area contributed by atoms with Crippen LogP contribution in [-0.2, 0) is 9.53 Å². The topological polar surface area (TPSA) is 66.8 Å². The van der Waals surface area contributed by atoms with Crippen LogP contribution in [0.4, 0.5) is 4.79 Å². The fourth-order valence-corrected chi connectivity index (χ4v) is 2.01. The molecule has 0 aliphatic rings. The first-order valence-electron chi connectivity index (χ1n) is 6.82. The minimum atomic E-state index is -1.31. The van der Waals surface area contributed by atoms with Crippen molar-refractivity contribution < 1.29 is 19.4 Å². The zero-order valence-electron chi connectivity index (χ0n) is 13.4. The maximum Gasteiger partial charge on any atom is 0.411 e. The van der Waals surface area contributed by atoms with E-state index in [9.17, 15) is 14.7 Å². The van der Waals surface area contributed by atoms with Crippen molar-refractivity contribution in [2.75, 3.05) is 0 Å². The molecule has 0 aliphatic carbocycles. The summed E-state index contributed by atoms with van der Waals surface area (Å²) < 4.78 is 5.34. The van der Waals surface area contributed by atoms with E-state index in [2.05, 4.69) is 6.58 Å². The molecule has 0 rings (SSSR count). The molecule has 0 aromatic heterocycles. The van der Waals surface area contributed by atoms with Gasteiger partial charge in [0.2, 0.25) is 0 Å². The van der Waals surface area contributed by atoms with Crippen molar-refractivity contribution in [2.24, 2.45) is 0 Å². The van der Waals surface area contributed by atoms with E-state index in [0.717, 1.165) is 0 Å². The van der Waals surface area contributed by atoms with Gasteiger partial charge in [-0.15, -0.1) is 6.58 Å². The van der Waals surface area contributed by atoms with Gasteiger partial charge >= 0.3 is 12.1 Å². The van der Waals surface area contributed by atoms with E-state index in [0.29, 0.717) is 12.8 Å². The third kappa shape index (κ3) is 4.87. The molecule has 0 bridgehead atoms. The highest BCUT2D eigenvalue weighted by Crippen LogP contribution is 2.27. The van der Waals surface area contributed by atoms with Crippen molar-refractivity contribution in [1.82, 2.24) is 4.90 Å². The number of aliphatic carboxylic acids is 1. The lowest BCUT2D eigenvalue weighted by molar-refractivity contribution is -0.152. The Morgan fingerprint density at radius 2 is 1.80 bits per heavy atom. The number of nitrogens with zero attached hydrogens (tertiary/aromatic N) is 1. The maximum absolute atomic E-state index is 12.3.